The summed E-state index contributed by atoms with van der Waals surface area (Å²) in [5.41, 5.74) is -1.12. The Kier molecular flexibility index (Phi) is 4.77. The highest BCUT2D eigenvalue weighted by molar-refractivity contribution is 7.91. The van der Waals surface area contributed by atoms with E-state index in [0.29, 0.717) is 10.8 Å². The first-order valence-corrected chi connectivity index (χ1v) is 7.87. The molecule has 0 aliphatic carbocycles. The van der Waals surface area contributed by atoms with Crippen LogP contribution < -0.4 is 4.72 Å². The van der Waals surface area contributed by atoms with Crippen LogP contribution in [0.2, 0.25) is 4.34 Å². The average Bonchev–Trinajstić information content (AvgIpc) is 2.73. The third-order valence-corrected chi connectivity index (χ3v) is 5.89. The number of sulfonamides is 1. The topological polar surface area (TPSA) is 83.5 Å². The summed E-state index contributed by atoms with van der Waals surface area (Å²) in [6, 6.07) is 2.87. The van der Waals surface area contributed by atoms with Gasteiger partial charge in [-0.05, 0) is 25.5 Å². The van der Waals surface area contributed by atoms with E-state index in [1.165, 1.54) is 19.1 Å². The molecule has 102 valence electrons. The van der Waals surface area contributed by atoms with Crippen LogP contribution in [0, 0.1) is 5.41 Å². The highest BCUT2D eigenvalue weighted by Gasteiger charge is 2.33. The molecule has 0 fully saturated rings. The summed E-state index contributed by atoms with van der Waals surface area (Å²) in [4.78, 5) is 11.1. The molecular formula is C10H14ClNO4S2. The SMILES string of the molecule is CCC(C)(CNS(=O)(=O)c1ccc(Cl)s1)C(=O)O. The fourth-order valence-electron chi connectivity index (χ4n) is 1.12. The Morgan fingerprint density at radius 3 is 2.56 bits per heavy atom. The third-order valence-electron chi connectivity index (χ3n) is 2.76. The van der Waals surface area contributed by atoms with E-state index in [4.69, 9.17) is 16.7 Å². The zero-order valence-electron chi connectivity index (χ0n) is 9.94. The van der Waals surface area contributed by atoms with Crippen LogP contribution in [0.4, 0.5) is 0 Å². The van der Waals surface area contributed by atoms with E-state index < -0.39 is 21.4 Å². The molecule has 0 aromatic carbocycles. The van der Waals surface area contributed by atoms with Crippen LogP contribution in [0.3, 0.4) is 0 Å². The van der Waals surface area contributed by atoms with Crippen LogP contribution in [0.1, 0.15) is 20.3 Å². The van der Waals surface area contributed by atoms with Crippen molar-refractivity contribution in [2.24, 2.45) is 5.41 Å². The molecule has 0 aliphatic rings. The Morgan fingerprint density at radius 1 is 1.56 bits per heavy atom. The molecule has 1 atom stereocenters. The lowest BCUT2D eigenvalue weighted by Crippen LogP contribution is -2.40. The summed E-state index contributed by atoms with van der Waals surface area (Å²) >= 11 is 6.60. The summed E-state index contributed by atoms with van der Waals surface area (Å²) in [5, 5.41) is 9.05. The number of hydrogen-bond donors (Lipinski definition) is 2. The Bertz CT molecular complexity index is 540. The van der Waals surface area contributed by atoms with E-state index in [1.54, 1.807) is 6.92 Å². The number of carboxylic acid groups (broad SMARTS) is 1. The van der Waals surface area contributed by atoms with E-state index in [-0.39, 0.29) is 10.8 Å². The average molecular weight is 312 g/mol. The monoisotopic (exact) mass is 311 g/mol. The molecule has 1 rings (SSSR count). The van der Waals surface area contributed by atoms with Crippen LogP contribution in [0.5, 0.6) is 0 Å². The van der Waals surface area contributed by atoms with E-state index >= 15 is 0 Å². The molecule has 18 heavy (non-hydrogen) atoms. The second-order valence-corrected chi connectivity index (χ2v) is 7.81. The molecule has 1 heterocycles. The van der Waals surface area contributed by atoms with Crippen molar-refractivity contribution in [1.82, 2.24) is 4.72 Å². The van der Waals surface area contributed by atoms with Gasteiger partial charge in [-0.1, -0.05) is 18.5 Å². The lowest BCUT2D eigenvalue weighted by molar-refractivity contribution is -0.147. The predicted octanol–water partition coefficient (Wildman–Crippen LogP) is 2.18. The van der Waals surface area contributed by atoms with Crippen molar-refractivity contribution < 1.29 is 18.3 Å². The highest BCUT2D eigenvalue weighted by Crippen LogP contribution is 2.26. The van der Waals surface area contributed by atoms with Crippen molar-refractivity contribution in [3.8, 4) is 0 Å². The maximum absolute atomic E-state index is 11.9. The maximum atomic E-state index is 11.9. The number of halogens is 1. The van der Waals surface area contributed by atoms with E-state index in [0.717, 1.165) is 11.3 Å². The van der Waals surface area contributed by atoms with Crippen LogP contribution in [0.25, 0.3) is 0 Å². The molecule has 1 aromatic rings. The molecule has 2 N–H and O–H groups in total. The van der Waals surface area contributed by atoms with Gasteiger partial charge in [-0.3, -0.25) is 4.79 Å². The molecule has 8 heteroatoms. The zero-order valence-corrected chi connectivity index (χ0v) is 12.3. The molecule has 1 aromatic heterocycles. The number of nitrogens with one attached hydrogen (secondary N) is 1. The van der Waals surface area contributed by atoms with E-state index in [1.807, 2.05) is 0 Å². The molecule has 0 amide bonds. The fourth-order valence-corrected chi connectivity index (χ4v) is 3.82. The molecule has 1 unspecified atom stereocenters. The fraction of sp³-hybridized carbons (Fsp3) is 0.500. The summed E-state index contributed by atoms with van der Waals surface area (Å²) in [7, 11) is -3.70. The first-order valence-electron chi connectivity index (χ1n) is 5.19. The second kappa shape index (κ2) is 5.56. The summed E-state index contributed by atoms with van der Waals surface area (Å²) in [5.74, 6) is -1.03. The maximum Gasteiger partial charge on any atom is 0.310 e. The summed E-state index contributed by atoms with van der Waals surface area (Å²) in [6.07, 6.45) is 0.329. The minimum Gasteiger partial charge on any atom is -0.481 e. The lowest BCUT2D eigenvalue weighted by atomic mass is 9.88. The minimum absolute atomic E-state index is 0.0799. The summed E-state index contributed by atoms with van der Waals surface area (Å²) in [6.45, 7) is 3.04. The molecule has 0 spiro atoms. The van der Waals surface area contributed by atoms with Gasteiger partial charge in [-0.2, -0.15) is 0 Å². The number of aliphatic carboxylic acids is 1. The van der Waals surface area contributed by atoms with Gasteiger partial charge in [0, 0.05) is 6.54 Å². The third kappa shape index (κ3) is 3.44. The lowest BCUT2D eigenvalue weighted by Gasteiger charge is -2.22. The van der Waals surface area contributed by atoms with Gasteiger partial charge < -0.3 is 5.11 Å². The Morgan fingerprint density at radius 2 is 2.17 bits per heavy atom. The van der Waals surface area contributed by atoms with Crippen LogP contribution in [0.15, 0.2) is 16.3 Å². The minimum atomic E-state index is -3.70. The molecule has 0 radical (unpaired) electrons. The number of carbonyl (C=O) groups is 1. The van der Waals surface area contributed by atoms with Gasteiger partial charge in [0.15, 0.2) is 0 Å². The Balaban J connectivity index is 2.83. The second-order valence-electron chi connectivity index (χ2n) is 4.10. The summed E-state index contributed by atoms with van der Waals surface area (Å²) < 4.78 is 26.5. The smallest absolute Gasteiger partial charge is 0.310 e. The zero-order chi connectivity index (χ0) is 14.0. The largest absolute Gasteiger partial charge is 0.481 e. The molecular weight excluding hydrogens is 298 g/mol. The first-order chi connectivity index (χ1) is 8.21. The normalized spacial score (nSPS) is 15.3. The van der Waals surface area contributed by atoms with Crippen molar-refractivity contribution >= 4 is 38.9 Å². The van der Waals surface area contributed by atoms with Crippen molar-refractivity contribution in [1.29, 1.82) is 0 Å². The standard InChI is InChI=1S/C10H14ClNO4S2/c1-3-10(2,9(13)14)6-12-18(15,16)8-5-4-7(11)17-8/h4-5,12H,3,6H2,1-2H3,(H,13,14). The molecule has 0 saturated carbocycles. The van der Waals surface area contributed by atoms with E-state index in [2.05, 4.69) is 4.72 Å². The van der Waals surface area contributed by atoms with Gasteiger partial charge in [0.25, 0.3) is 0 Å². The molecule has 0 bridgehead atoms. The van der Waals surface area contributed by atoms with Crippen molar-refractivity contribution in [2.75, 3.05) is 6.54 Å². The van der Waals surface area contributed by atoms with Crippen LogP contribution in [-0.4, -0.2) is 26.0 Å². The van der Waals surface area contributed by atoms with Crippen molar-refractivity contribution in [3.63, 3.8) is 0 Å². The van der Waals surface area contributed by atoms with Crippen LogP contribution >= 0.6 is 22.9 Å². The van der Waals surface area contributed by atoms with E-state index in [9.17, 15) is 13.2 Å². The van der Waals surface area contributed by atoms with Gasteiger partial charge in [0.2, 0.25) is 10.0 Å². The Labute approximate surface area is 115 Å². The Hall–Kier alpha value is -0.630. The first kappa shape index (κ1) is 15.4. The highest BCUT2D eigenvalue weighted by atomic mass is 35.5. The van der Waals surface area contributed by atoms with Crippen molar-refractivity contribution in [3.05, 3.63) is 16.5 Å². The number of thiophene rings is 1. The number of rotatable bonds is 6. The van der Waals surface area contributed by atoms with Gasteiger partial charge in [0.05, 0.1) is 9.75 Å². The van der Waals surface area contributed by atoms with Gasteiger partial charge in [-0.15, -0.1) is 11.3 Å². The molecule has 5 nitrogen and oxygen atoms in total. The number of hydrogen-bond acceptors (Lipinski definition) is 4. The van der Waals surface area contributed by atoms with Gasteiger partial charge >= 0.3 is 5.97 Å². The number of carboxylic acids is 1. The molecule has 0 saturated heterocycles. The van der Waals surface area contributed by atoms with Gasteiger partial charge in [-0.25, -0.2) is 13.1 Å². The predicted molar refractivity (Wildman–Crippen MR) is 70.6 cm³/mol. The van der Waals surface area contributed by atoms with Crippen LogP contribution in [-0.2, 0) is 14.8 Å². The quantitative estimate of drug-likeness (QED) is 0.843. The van der Waals surface area contributed by atoms with Crippen molar-refractivity contribution in [2.45, 2.75) is 24.5 Å². The van der Waals surface area contributed by atoms with Gasteiger partial charge in [0.1, 0.15) is 4.21 Å². The molecule has 0 aliphatic heterocycles.